The molecule has 0 spiro atoms. The van der Waals surface area contributed by atoms with Crippen LogP contribution in [0.25, 0.3) is 0 Å². The maximum Gasteiger partial charge on any atom is 0.276 e. The molecule has 6 nitrogen and oxygen atoms in total. The van der Waals surface area contributed by atoms with Crippen LogP contribution in [-0.2, 0) is 7.05 Å². The van der Waals surface area contributed by atoms with Crippen molar-refractivity contribution < 1.29 is 9.53 Å². The molecule has 2 aromatic heterocycles. The van der Waals surface area contributed by atoms with Crippen LogP contribution in [0.5, 0.6) is 5.88 Å². The summed E-state index contributed by atoms with van der Waals surface area (Å²) < 4.78 is 7.25. The van der Waals surface area contributed by atoms with Crippen LogP contribution < -0.4 is 10.1 Å². The number of methoxy groups -OCH3 is 1. The van der Waals surface area contributed by atoms with Crippen molar-refractivity contribution >= 4 is 27.5 Å². The van der Waals surface area contributed by atoms with Crippen molar-refractivity contribution in [3.8, 4) is 5.88 Å². The number of pyridine rings is 1. The summed E-state index contributed by atoms with van der Waals surface area (Å²) in [6.45, 7) is 0. The Balaban J connectivity index is 2.14. The summed E-state index contributed by atoms with van der Waals surface area (Å²) in [6, 6.07) is 5.06. The van der Waals surface area contributed by atoms with Crippen molar-refractivity contribution in [2.75, 3.05) is 12.4 Å². The van der Waals surface area contributed by atoms with Gasteiger partial charge < -0.3 is 10.1 Å². The fraction of sp³-hybridized carbons (Fsp3) is 0.182. The van der Waals surface area contributed by atoms with Gasteiger partial charge >= 0.3 is 0 Å². The van der Waals surface area contributed by atoms with Gasteiger partial charge in [0.2, 0.25) is 5.88 Å². The zero-order chi connectivity index (χ0) is 13.1. The molecule has 0 saturated heterocycles. The molecule has 0 unspecified atom stereocenters. The lowest BCUT2D eigenvalue weighted by Crippen LogP contribution is -2.13. The number of nitrogens with zero attached hydrogens (tertiary/aromatic N) is 3. The van der Waals surface area contributed by atoms with E-state index in [2.05, 4.69) is 31.3 Å². The van der Waals surface area contributed by atoms with Gasteiger partial charge in [-0.3, -0.25) is 4.79 Å². The second kappa shape index (κ2) is 5.18. The van der Waals surface area contributed by atoms with E-state index in [0.717, 1.165) is 0 Å². The normalized spacial score (nSPS) is 10.2. The highest BCUT2D eigenvalue weighted by atomic mass is 79.9. The lowest BCUT2D eigenvalue weighted by atomic mass is 10.3. The molecule has 0 aliphatic heterocycles. The average Bonchev–Trinajstić information content (AvgIpc) is 2.73. The van der Waals surface area contributed by atoms with Crippen molar-refractivity contribution in [3.05, 3.63) is 34.7 Å². The summed E-state index contributed by atoms with van der Waals surface area (Å²) in [5, 5.41) is 6.74. The third kappa shape index (κ3) is 2.67. The Hall–Kier alpha value is -1.89. The van der Waals surface area contributed by atoms with Gasteiger partial charge in [-0.1, -0.05) is 0 Å². The number of carbonyl (C=O) groups is 1. The molecule has 0 saturated carbocycles. The lowest BCUT2D eigenvalue weighted by molar-refractivity contribution is 0.102. The number of carbonyl (C=O) groups excluding carboxylic acids is 1. The minimum Gasteiger partial charge on any atom is -0.481 e. The van der Waals surface area contributed by atoms with E-state index in [1.807, 2.05) is 0 Å². The third-order valence-corrected chi connectivity index (χ3v) is 2.73. The van der Waals surface area contributed by atoms with E-state index in [1.54, 1.807) is 31.4 Å². The highest BCUT2D eigenvalue weighted by Gasteiger charge is 2.13. The lowest BCUT2D eigenvalue weighted by Gasteiger charge is -2.01. The van der Waals surface area contributed by atoms with E-state index < -0.39 is 0 Å². The van der Waals surface area contributed by atoms with Crippen molar-refractivity contribution in [2.45, 2.75) is 0 Å². The second-order valence-corrected chi connectivity index (χ2v) is 4.33. The van der Waals surface area contributed by atoms with Crippen LogP contribution in [0.3, 0.4) is 0 Å². The van der Waals surface area contributed by atoms with Crippen molar-refractivity contribution in [2.24, 2.45) is 7.05 Å². The molecule has 0 bridgehead atoms. The molecule has 1 amide bonds. The van der Waals surface area contributed by atoms with Crippen LogP contribution in [0.2, 0.25) is 0 Å². The predicted molar refractivity (Wildman–Crippen MR) is 69.7 cm³/mol. The van der Waals surface area contributed by atoms with Crippen molar-refractivity contribution in [1.82, 2.24) is 14.8 Å². The van der Waals surface area contributed by atoms with Crippen molar-refractivity contribution in [1.29, 1.82) is 0 Å². The van der Waals surface area contributed by atoms with Crippen LogP contribution >= 0.6 is 15.9 Å². The molecule has 0 aliphatic rings. The van der Waals surface area contributed by atoms with E-state index in [4.69, 9.17) is 4.74 Å². The number of aromatic nitrogens is 3. The second-order valence-electron chi connectivity index (χ2n) is 3.52. The molecule has 94 valence electrons. The van der Waals surface area contributed by atoms with Gasteiger partial charge in [-0.05, 0) is 28.1 Å². The van der Waals surface area contributed by atoms with Gasteiger partial charge in [0.1, 0.15) is 4.60 Å². The van der Waals surface area contributed by atoms with Crippen LogP contribution in [0, 0.1) is 0 Å². The monoisotopic (exact) mass is 310 g/mol. The molecule has 1 N–H and O–H groups in total. The maximum absolute atomic E-state index is 11.9. The Kier molecular flexibility index (Phi) is 3.61. The summed E-state index contributed by atoms with van der Waals surface area (Å²) in [7, 11) is 3.23. The number of nitrogens with one attached hydrogen (secondary N) is 1. The summed E-state index contributed by atoms with van der Waals surface area (Å²) in [5.74, 6) is 0.215. The number of halogens is 1. The fourth-order valence-electron chi connectivity index (χ4n) is 1.40. The van der Waals surface area contributed by atoms with Gasteiger partial charge in [-0.15, -0.1) is 0 Å². The molecule has 18 heavy (non-hydrogen) atoms. The van der Waals surface area contributed by atoms with E-state index >= 15 is 0 Å². The Morgan fingerprint density at radius 2 is 2.28 bits per heavy atom. The number of aryl methyl sites for hydroxylation is 1. The number of rotatable bonds is 3. The number of ether oxygens (including phenoxy) is 1. The van der Waals surface area contributed by atoms with Crippen LogP contribution in [0.4, 0.5) is 5.69 Å². The Bertz CT molecular complexity index is 565. The number of hydrogen-bond donors (Lipinski definition) is 1. The summed E-state index contributed by atoms with van der Waals surface area (Å²) in [4.78, 5) is 15.9. The zero-order valence-electron chi connectivity index (χ0n) is 9.85. The van der Waals surface area contributed by atoms with Crippen LogP contribution in [-0.4, -0.2) is 27.8 Å². The topological polar surface area (TPSA) is 69.0 Å². The van der Waals surface area contributed by atoms with E-state index in [1.165, 1.54) is 11.8 Å². The Morgan fingerprint density at radius 3 is 2.83 bits per heavy atom. The molecule has 0 aromatic carbocycles. The average molecular weight is 311 g/mol. The first-order valence-corrected chi connectivity index (χ1v) is 5.90. The van der Waals surface area contributed by atoms with Gasteiger partial charge in [0.05, 0.1) is 19.0 Å². The first-order chi connectivity index (χ1) is 8.60. The van der Waals surface area contributed by atoms with E-state index in [0.29, 0.717) is 16.2 Å². The number of anilines is 1. The molecule has 7 heteroatoms. The van der Waals surface area contributed by atoms with Crippen LogP contribution in [0.1, 0.15) is 10.5 Å². The Morgan fingerprint density at radius 1 is 1.50 bits per heavy atom. The van der Waals surface area contributed by atoms with Gasteiger partial charge in [-0.25, -0.2) is 9.67 Å². The van der Waals surface area contributed by atoms with E-state index in [9.17, 15) is 4.79 Å². The molecule has 0 aliphatic carbocycles. The quantitative estimate of drug-likeness (QED) is 0.878. The summed E-state index contributed by atoms with van der Waals surface area (Å²) in [5.41, 5.74) is 0.894. The SMILES string of the molecule is COc1cc(C(=O)Nc2ccc(Br)nc2)nn1C. The predicted octanol–water partition coefficient (Wildman–Crippen LogP) is 1.84. The summed E-state index contributed by atoms with van der Waals surface area (Å²) >= 11 is 3.22. The first-order valence-electron chi connectivity index (χ1n) is 5.11. The van der Waals surface area contributed by atoms with Crippen LogP contribution in [0.15, 0.2) is 29.0 Å². The standard InChI is InChI=1S/C11H11BrN4O2/c1-16-10(18-2)5-8(15-16)11(17)14-7-3-4-9(12)13-6-7/h3-6H,1-2H3,(H,14,17). The third-order valence-electron chi connectivity index (χ3n) is 2.26. The highest BCUT2D eigenvalue weighted by molar-refractivity contribution is 9.10. The number of hydrogen-bond acceptors (Lipinski definition) is 4. The molecule has 0 atom stereocenters. The minimum absolute atomic E-state index is 0.289. The molecule has 0 radical (unpaired) electrons. The molecule has 0 fully saturated rings. The smallest absolute Gasteiger partial charge is 0.276 e. The van der Waals surface area contributed by atoms with E-state index in [-0.39, 0.29) is 11.6 Å². The zero-order valence-corrected chi connectivity index (χ0v) is 11.4. The molecule has 2 aromatic rings. The fourth-order valence-corrected chi connectivity index (χ4v) is 1.63. The number of amides is 1. The van der Waals surface area contributed by atoms with Gasteiger partial charge in [0, 0.05) is 13.1 Å². The first kappa shape index (κ1) is 12.6. The van der Waals surface area contributed by atoms with Gasteiger partial charge in [-0.2, -0.15) is 5.10 Å². The largest absolute Gasteiger partial charge is 0.481 e. The molecular weight excluding hydrogens is 300 g/mol. The van der Waals surface area contributed by atoms with Gasteiger partial charge in [0.15, 0.2) is 5.69 Å². The maximum atomic E-state index is 11.9. The molecular formula is C11H11BrN4O2. The van der Waals surface area contributed by atoms with Crippen molar-refractivity contribution in [3.63, 3.8) is 0 Å². The molecule has 2 rings (SSSR count). The summed E-state index contributed by atoms with van der Waals surface area (Å²) in [6.07, 6.45) is 1.56. The highest BCUT2D eigenvalue weighted by Crippen LogP contribution is 2.14. The van der Waals surface area contributed by atoms with Gasteiger partial charge in [0.25, 0.3) is 5.91 Å². The molecule has 2 heterocycles. The minimum atomic E-state index is -0.307. The Labute approximate surface area is 112 Å².